The molecular weight excluding hydrogens is 374 g/mol. The minimum atomic E-state index is -2.60. The quantitative estimate of drug-likeness (QED) is 0.547. The first-order valence-corrected chi connectivity index (χ1v) is 8.60. The van der Waals surface area contributed by atoms with E-state index in [-0.39, 0.29) is 5.56 Å². The SMILES string of the molecule is [2H]C([2H])([2H])NC(=O)c1c(C)oc2cc(Oc3ncnc4cc(OC)c(OC)cc34)ccc12. The van der Waals surface area contributed by atoms with Gasteiger partial charge in [-0.15, -0.1) is 0 Å². The Morgan fingerprint density at radius 3 is 2.66 bits per heavy atom. The number of carbonyl (C=O) groups excluding carboxylic acids is 1. The van der Waals surface area contributed by atoms with Crippen molar-refractivity contribution >= 4 is 27.8 Å². The van der Waals surface area contributed by atoms with E-state index in [4.69, 9.17) is 22.7 Å². The highest BCUT2D eigenvalue weighted by Crippen LogP contribution is 2.36. The van der Waals surface area contributed by atoms with Crippen LogP contribution in [0.15, 0.2) is 41.1 Å². The number of rotatable bonds is 5. The molecule has 1 N–H and O–H groups in total. The second kappa shape index (κ2) is 7.31. The van der Waals surface area contributed by atoms with Gasteiger partial charge in [-0.2, -0.15) is 0 Å². The third-order valence-electron chi connectivity index (χ3n) is 4.50. The number of carbonyl (C=O) groups is 1. The summed E-state index contributed by atoms with van der Waals surface area (Å²) in [5, 5.41) is 3.06. The first kappa shape index (κ1) is 15.2. The van der Waals surface area contributed by atoms with Gasteiger partial charge in [0.2, 0.25) is 5.88 Å². The van der Waals surface area contributed by atoms with Crippen molar-refractivity contribution in [1.82, 2.24) is 15.3 Å². The van der Waals surface area contributed by atoms with Crippen LogP contribution >= 0.6 is 0 Å². The van der Waals surface area contributed by atoms with Crippen molar-refractivity contribution in [2.24, 2.45) is 0 Å². The van der Waals surface area contributed by atoms with Crippen LogP contribution in [-0.4, -0.2) is 37.1 Å². The van der Waals surface area contributed by atoms with E-state index < -0.39 is 12.9 Å². The standard InChI is InChI=1S/C21H19N3O5/c1-11-19(20(25)22-2)13-6-5-12(7-16(13)28-11)29-21-14-8-17(26-3)18(27-4)9-15(14)23-10-24-21/h5-10H,1-4H3,(H,22,25)/i2D3. The lowest BCUT2D eigenvalue weighted by molar-refractivity contribution is 0.0963. The maximum atomic E-state index is 12.4. The Kier molecular flexibility index (Phi) is 3.82. The maximum Gasteiger partial charge on any atom is 0.255 e. The van der Waals surface area contributed by atoms with Gasteiger partial charge in [-0.25, -0.2) is 9.97 Å². The highest BCUT2D eigenvalue weighted by atomic mass is 16.5. The van der Waals surface area contributed by atoms with Crippen LogP contribution in [0.5, 0.6) is 23.1 Å². The molecule has 2 aromatic carbocycles. The zero-order valence-corrected chi connectivity index (χ0v) is 15.9. The fourth-order valence-corrected chi connectivity index (χ4v) is 3.16. The second-order valence-electron chi connectivity index (χ2n) is 6.15. The summed E-state index contributed by atoms with van der Waals surface area (Å²) in [5.41, 5.74) is 1.13. The van der Waals surface area contributed by atoms with E-state index in [1.807, 2.05) is 5.32 Å². The molecule has 0 aliphatic heterocycles. The van der Waals surface area contributed by atoms with Gasteiger partial charge in [0.05, 0.1) is 30.7 Å². The molecule has 0 saturated carbocycles. The van der Waals surface area contributed by atoms with Crippen LogP contribution in [0.3, 0.4) is 0 Å². The van der Waals surface area contributed by atoms with E-state index in [1.54, 1.807) is 37.3 Å². The van der Waals surface area contributed by atoms with Gasteiger partial charge in [-0.3, -0.25) is 4.79 Å². The van der Waals surface area contributed by atoms with Crippen molar-refractivity contribution in [3.8, 4) is 23.1 Å². The van der Waals surface area contributed by atoms with Gasteiger partial charge in [-0.1, -0.05) is 0 Å². The van der Waals surface area contributed by atoms with Gasteiger partial charge >= 0.3 is 0 Å². The molecule has 0 saturated heterocycles. The molecular formula is C21H19N3O5. The summed E-state index contributed by atoms with van der Waals surface area (Å²) in [6.07, 6.45) is 1.37. The normalized spacial score (nSPS) is 12.9. The lowest BCUT2D eigenvalue weighted by atomic mass is 10.1. The largest absolute Gasteiger partial charge is 0.493 e. The number of fused-ring (bicyclic) bond motifs is 2. The highest BCUT2D eigenvalue weighted by molar-refractivity contribution is 6.07. The van der Waals surface area contributed by atoms with Gasteiger partial charge in [0.15, 0.2) is 11.5 Å². The fourth-order valence-electron chi connectivity index (χ4n) is 3.16. The molecule has 0 bridgehead atoms. The number of furan rings is 1. The molecule has 148 valence electrons. The Balaban J connectivity index is 1.71. The Morgan fingerprint density at radius 2 is 1.90 bits per heavy atom. The Bertz CT molecular complexity index is 1330. The number of nitrogens with one attached hydrogen (secondary N) is 1. The number of hydrogen-bond acceptors (Lipinski definition) is 7. The van der Waals surface area contributed by atoms with E-state index in [9.17, 15) is 4.79 Å². The van der Waals surface area contributed by atoms with Crippen molar-refractivity contribution in [2.45, 2.75) is 6.92 Å². The van der Waals surface area contributed by atoms with Crippen molar-refractivity contribution in [3.05, 3.63) is 48.0 Å². The topological polar surface area (TPSA) is 95.7 Å². The number of aromatic nitrogens is 2. The van der Waals surface area contributed by atoms with Crippen molar-refractivity contribution in [2.75, 3.05) is 21.2 Å². The summed E-state index contributed by atoms with van der Waals surface area (Å²) in [6.45, 7) is -1.01. The summed E-state index contributed by atoms with van der Waals surface area (Å²) in [7, 11) is 3.07. The van der Waals surface area contributed by atoms with E-state index in [1.165, 1.54) is 20.5 Å². The number of aryl methyl sites for hydroxylation is 1. The lowest BCUT2D eigenvalue weighted by Crippen LogP contribution is -2.18. The Hall–Kier alpha value is -3.81. The molecule has 0 unspecified atom stereocenters. The average molecular weight is 396 g/mol. The van der Waals surface area contributed by atoms with E-state index in [0.717, 1.165) is 0 Å². The number of hydrogen-bond donors (Lipinski definition) is 1. The van der Waals surface area contributed by atoms with E-state index in [0.29, 0.717) is 50.8 Å². The molecule has 2 heterocycles. The van der Waals surface area contributed by atoms with E-state index >= 15 is 0 Å². The monoisotopic (exact) mass is 396 g/mol. The smallest absolute Gasteiger partial charge is 0.255 e. The molecule has 0 atom stereocenters. The molecule has 29 heavy (non-hydrogen) atoms. The van der Waals surface area contributed by atoms with Crippen LogP contribution in [0.4, 0.5) is 0 Å². The predicted molar refractivity (Wildman–Crippen MR) is 107 cm³/mol. The van der Waals surface area contributed by atoms with Crippen LogP contribution in [0.2, 0.25) is 0 Å². The zero-order valence-electron chi connectivity index (χ0n) is 18.9. The molecule has 1 amide bonds. The zero-order chi connectivity index (χ0) is 23.0. The molecule has 0 spiro atoms. The summed E-state index contributed by atoms with van der Waals surface area (Å²) < 4.78 is 44.0. The highest BCUT2D eigenvalue weighted by Gasteiger charge is 2.18. The number of methoxy groups -OCH3 is 2. The second-order valence-corrected chi connectivity index (χ2v) is 6.15. The number of amides is 1. The Labute approximate surface area is 170 Å². The molecule has 8 nitrogen and oxygen atoms in total. The predicted octanol–water partition coefficient (Wildman–Crippen LogP) is 3.85. The van der Waals surface area contributed by atoms with Gasteiger partial charge < -0.3 is 23.9 Å². The molecule has 4 rings (SSSR count). The third-order valence-corrected chi connectivity index (χ3v) is 4.50. The summed E-state index contributed by atoms with van der Waals surface area (Å²) in [5.74, 6) is 1.28. The minimum absolute atomic E-state index is 0.159. The van der Waals surface area contributed by atoms with Crippen LogP contribution in [-0.2, 0) is 0 Å². The molecule has 0 aliphatic rings. The van der Waals surface area contributed by atoms with Gasteiger partial charge in [0.25, 0.3) is 5.91 Å². The molecule has 0 radical (unpaired) electrons. The minimum Gasteiger partial charge on any atom is -0.493 e. The Morgan fingerprint density at radius 1 is 1.10 bits per heavy atom. The van der Waals surface area contributed by atoms with Crippen molar-refractivity contribution in [1.29, 1.82) is 0 Å². The van der Waals surface area contributed by atoms with Gasteiger partial charge in [0, 0.05) is 28.6 Å². The van der Waals surface area contributed by atoms with Crippen LogP contribution in [0.25, 0.3) is 21.9 Å². The summed E-state index contributed by atoms with van der Waals surface area (Å²) in [6, 6.07) is 8.30. The fraction of sp³-hybridized carbons (Fsp3) is 0.190. The van der Waals surface area contributed by atoms with Gasteiger partial charge in [0.1, 0.15) is 23.4 Å². The van der Waals surface area contributed by atoms with Crippen LogP contribution < -0.4 is 19.5 Å². The molecule has 2 aromatic heterocycles. The number of nitrogens with zero attached hydrogens (tertiary/aromatic N) is 2. The first-order valence-electron chi connectivity index (χ1n) is 10.1. The van der Waals surface area contributed by atoms with E-state index in [2.05, 4.69) is 9.97 Å². The maximum absolute atomic E-state index is 12.4. The summed E-state index contributed by atoms with van der Waals surface area (Å²) in [4.78, 5) is 20.9. The number of benzene rings is 2. The summed E-state index contributed by atoms with van der Waals surface area (Å²) >= 11 is 0. The molecule has 0 fully saturated rings. The molecule has 4 aromatic rings. The average Bonchev–Trinajstić information content (AvgIpc) is 3.06. The van der Waals surface area contributed by atoms with Crippen LogP contribution in [0.1, 0.15) is 20.2 Å². The third kappa shape index (κ3) is 3.18. The first-order chi connectivity index (χ1) is 15.2. The number of ether oxygens (including phenoxy) is 3. The molecule has 0 aliphatic carbocycles. The van der Waals surface area contributed by atoms with Crippen molar-refractivity contribution in [3.63, 3.8) is 0 Å². The van der Waals surface area contributed by atoms with Gasteiger partial charge in [-0.05, 0) is 25.1 Å². The lowest BCUT2D eigenvalue weighted by Gasteiger charge is -2.11. The molecule has 8 heteroatoms. The van der Waals surface area contributed by atoms with Crippen molar-refractivity contribution < 1.29 is 27.5 Å². The van der Waals surface area contributed by atoms with Crippen LogP contribution in [0, 0.1) is 6.92 Å².